The van der Waals surface area contributed by atoms with Crippen LogP contribution in [0.15, 0.2) is 54.2 Å². The van der Waals surface area contributed by atoms with Gasteiger partial charge in [-0.3, -0.25) is 16.3 Å². The predicted molar refractivity (Wildman–Crippen MR) is 79.8 cm³/mol. The van der Waals surface area contributed by atoms with Crippen molar-refractivity contribution in [3.8, 4) is 0 Å². The van der Waals surface area contributed by atoms with Gasteiger partial charge in [-0.25, -0.2) is 0 Å². The number of rotatable bonds is 4. The van der Waals surface area contributed by atoms with Gasteiger partial charge >= 0.3 is 0 Å². The highest BCUT2D eigenvalue weighted by Gasteiger charge is 2.14. The molecule has 3 aromatic rings. The van der Waals surface area contributed by atoms with Crippen molar-refractivity contribution in [3.05, 3.63) is 64.6 Å². The van der Waals surface area contributed by atoms with Crippen LogP contribution in [-0.2, 0) is 6.42 Å². The van der Waals surface area contributed by atoms with Gasteiger partial charge in [-0.1, -0.05) is 42.5 Å². The van der Waals surface area contributed by atoms with Crippen molar-refractivity contribution < 1.29 is 0 Å². The van der Waals surface area contributed by atoms with Crippen molar-refractivity contribution in [2.24, 2.45) is 5.84 Å². The molecule has 0 radical (unpaired) electrons. The summed E-state index contributed by atoms with van der Waals surface area (Å²) in [6.07, 6.45) is 2.76. The highest BCUT2D eigenvalue weighted by Crippen LogP contribution is 2.27. The molecule has 0 amide bonds. The van der Waals surface area contributed by atoms with Crippen LogP contribution in [0.2, 0.25) is 0 Å². The number of hydrogen-bond donors (Lipinski definition) is 2. The van der Waals surface area contributed by atoms with E-state index < -0.39 is 0 Å². The topological polar surface area (TPSA) is 50.9 Å². The van der Waals surface area contributed by atoms with Gasteiger partial charge < -0.3 is 0 Å². The summed E-state index contributed by atoms with van der Waals surface area (Å²) in [5.74, 6) is 5.75. The number of hydrazine groups is 1. The Morgan fingerprint density at radius 1 is 1.16 bits per heavy atom. The Morgan fingerprint density at radius 2 is 2.00 bits per heavy atom. The molecular weight excluding hydrogens is 254 g/mol. The van der Waals surface area contributed by atoms with E-state index in [0.29, 0.717) is 0 Å². The zero-order valence-corrected chi connectivity index (χ0v) is 11.2. The van der Waals surface area contributed by atoms with Crippen molar-refractivity contribution in [2.45, 2.75) is 12.5 Å². The van der Waals surface area contributed by atoms with E-state index in [1.807, 2.05) is 11.7 Å². The van der Waals surface area contributed by atoms with Crippen molar-refractivity contribution in [2.75, 3.05) is 0 Å². The van der Waals surface area contributed by atoms with E-state index in [2.05, 4.69) is 52.9 Å². The number of nitrogens with one attached hydrogen (secondary N) is 1. The summed E-state index contributed by atoms with van der Waals surface area (Å²) in [6.45, 7) is 0. The summed E-state index contributed by atoms with van der Waals surface area (Å²) < 4.78 is 0. The molecule has 0 spiro atoms. The molecule has 96 valence electrons. The van der Waals surface area contributed by atoms with Gasteiger partial charge in [0.25, 0.3) is 0 Å². The minimum atomic E-state index is 0.103. The fourth-order valence-electron chi connectivity index (χ4n) is 2.36. The predicted octanol–water partition coefficient (Wildman–Crippen LogP) is 3.04. The molecule has 4 heteroatoms. The summed E-state index contributed by atoms with van der Waals surface area (Å²) in [6, 6.07) is 14.8. The van der Waals surface area contributed by atoms with Crippen LogP contribution in [-0.4, -0.2) is 4.98 Å². The second-order valence-electron chi connectivity index (χ2n) is 4.46. The maximum atomic E-state index is 5.75. The van der Waals surface area contributed by atoms with E-state index in [-0.39, 0.29) is 6.04 Å². The van der Waals surface area contributed by atoms with Crippen molar-refractivity contribution >= 4 is 22.1 Å². The fraction of sp³-hybridized carbons (Fsp3) is 0.133. The molecule has 1 atom stereocenters. The Labute approximate surface area is 116 Å². The smallest absolute Gasteiger partial charge is 0.0794 e. The van der Waals surface area contributed by atoms with E-state index in [1.165, 1.54) is 21.2 Å². The Hall–Kier alpha value is -1.75. The summed E-state index contributed by atoms with van der Waals surface area (Å²) in [7, 11) is 0. The molecule has 0 saturated carbocycles. The van der Waals surface area contributed by atoms with Gasteiger partial charge in [0.05, 0.1) is 11.6 Å². The molecule has 3 N–H and O–H groups in total. The maximum Gasteiger partial charge on any atom is 0.0794 e. The monoisotopic (exact) mass is 269 g/mol. The lowest BCUT2D eigenvalue weighted by atomic mass is 9.97. The van der Waals surface area contributed by atoms with Crippen LogP contribution < -0.4 is 11.3 Å². The normalized spacial score (nSPS) is 12.7. The zero-order valence-electron chi connectivity index (χ0n) is 10.4. The minimum Gasteiger partial charge on any atom is -0.271 e. The second-order valence-corrected chi connectivity index (χ2v) is 5.43. The Kier molecular flexibility index (Phi) is 3.55. The third kappa shape index (κ3) is 2.51. The standard InChI is InChI=1S/C15H15N3S/c16-18-15(8-12-9-17-10-19-12)14-7-3-5-11-4-1-2-6-13(11)14/h1-7,9-10,15,18H,8,16H2. The minimum absolute atomic E-state index is 0.103. The number of benzene rings is 2. The molecule has 19 heavy (non-hydrogen) atoms. The lowest BCUT2D eigenvalue weighted by molar-refractivity contribution is 0.559. The van der Waals surface area contributed by atoms with Gasteiger partial charge in [-0.2, -0.15) is 0 Å². The molecule has 0 aliphatic heterocycles. The molecule has 0 fully saturated rings. The summed E-state index contributed by atoms with van der Waals surface area (Å²) in [5, 5.41) is 2.49. The van der Waals surface area contributed by atoms with E-state index in [0.717, 1.165) is 6.42 Å². The van der Waals surface area contributed by atoms with Crippen LogP contribution in [0.25, 0.3) is 10.8 Å². The summed E-state index contributed by atoms with van der Waals surface area (Å²) in [5.41, 5.74) is 6.01. The van der Waals surface area contributed by atoms with E-state index in [1.54, 1.807) is 11.3 Å². The van der Waals surface area contributed by atoms with Gasteiger partial charge in [0.2, 0.25) is 0 Å². The van der Waals surface area contributed by atoms with Crippen molar-refractivity contribution in [1.29, 1.82) is 0 Å². The van der Waals surface area contributed by atoms with Crippen LogP contribution in [0.3, 0.4) is 0 Å². The van der Waals surface area contributed by atoms with Gasteiger partial charge in [-0.05, 0) is 16.3 Å². The number of hydrogen-bond acceptors (Lipinski definition) is 4. The first-order chi connectivity index (χ1) is 9.38. The highest BCUT2D eigenvalue weighted by molar-refractivity contribution is 7.09. The molecule has 0 saturated heterocycles. The average molecular weight is 269 g/mol. The molecule has 0 bridgehead atoms. The first-order valence-electron chi connectivity index (χ1n) is 6.19. The largest absolute Gasteiger partial charge is 0.271 e. The van der Waals surface area contributed by atoms with Gasteiger partial charge in [0.1, 0.15) is 0 Å². The van der Waals surface area contributed by atoms with E-state index in [4.69, 9.17) is 5.84 Å². The highest BCUT2D eigenvalue weighted by atomic mass is 32.1. The molecule has 1 aromatic heterocycles. The number of fused-ring (bicyclic) bond motifs is 1. The van der Waals surface area contributed by atoms with Gasteiger partial charge in [0.15, 0.2) is 0 Å². The third-order valence-corrected chi connectivity index (χ3v) is 4.09. The second kappa shape index (κ2) is 5.48. The van der Waals surface area contributed by atoms with E-state index in [9.17, 15) is 0 Å². The molecule has 1 unspecified atom stereocenters. The van der Waals surface area contributed by atoms with E-state index >= 15 is 0 Å². The number of nitrogens with zero attached hydrogens (tertiary/aromatic N) is 1. The van der Waals surface area contributed by atoms with Crippen LogP contribution in [0.1, 0.15) is 16.5 Å². The number of thiazole rings is 1. The molecule has 2 aromatic carbocycles. The molecular formula is C15H15N3S. The lowest BCUT2D eigenvalue weighted by Gasteiger charge is -2.17. The van der Waals surface area contributed by atoms with Crippen LogP contribution >= 0.6 is 11.3 Å². The van der Waals surface area contributed by atoms with Gasteiger partial charge in [0, 0.05) is 17.5 Å². The fourth-order valence-corrected chi connectivity index (χ4v) is 3.00. The quantitative estimate of drug-likeness (QED) is 0.565. The summed E-state index contributed by atoms with van der Waals surface area (Å²) >= 11 is 1.66. The van der Waals surface area contributed by atoms with Gasteiger partial charge in [-0.15, -0.1) is 11.3 Å². The number of nitrogens with two attached hydrogens (primary N) is 1. The third-order valence-electron chi connectivity index (χ3n) is 3.29. The Bertz CT molecular complexity index is 659. The first-order valence-corrected chi connectivity index (χ1v) is 7.07. The Balaban J connectivity index is 2.01. The van der Waals surface area contributed by atoms with Crippen LogP contribution in [0.5, 0.6) is 0 Å². The van der Waals surface area contributed by atoms with Crippen LogP contribution in [0.4, 0.5) is 0 Å². The van der Waals surface area contributed by atoms with Crippen molar-refractivity contribution in [1.82, 2.24) is 10.4 Å². The van der Waals surface area contributed by atoms with Crippen LogP contribution in [0, 0.1) is 0 Å². The van der Waals surface area contributed by atoms with Crippen molar-refractivity contribution in [3.63, 3.8) is 0 Å². The zero-order chi connectivity index (χ0) is 13.1. The lowest BCUT2D eigenvalue weighted by Crippen LogP contribution is -2.29. The molecule has 0 aliphatic rings. The average Bonchev–Trinajstić information content (AvgIpc) is 2.97. The molecule has 3 rings (SSSR count). The molecule has 0 aliphatic carbocycles. The SMILES string of the molecule is NNC(Cc1cncs1)c1cccc2ccccc12. The Morgan fingerprint density at radius 3 is 2.79 bits per heavy atom. The maximum absolute atomic E-state index is 5.75. The first kappa shape index (κ1) is 12.3. The molecule has 1 heterocycles. The summed E-state index contributed by atoms with van der Waals surface area (Å²) in [4.78, 5) is 5.35. The molecule has 3 nitrogen and oxygen atoms in total. The number of aromatic nitrogens is 1.